The minimum atomic E-state index is -0.686. The molecule has 1 atom stereocenters. The highest BCUT2D eigenvalue weighted by Crippen LogP contribution is 2.34. The van der Waals surface area contributed by atoms with Crippen molar-refractivity contribution >= 4 is 39.6 Å². The van der Waals surface area contributed by atoms with Gasteiger partial charge in [0.1, 0.15) is 6.61 Å². The van der Waals surface area contributed by atoms with Crippen molar-refractivity contribution in [2.75, 3.05) is 19.4 Å². The molecule has 0 bridgehead atoms. The van der Waals surface area contributed by atoms with Gasteiger partial charge in [0.15, 0.2) is 5.69 Å². The van der Waals surface area contributed by atoms with E-state index in [1.165, 1.54) is 6.21 Å². The average molecular weight is 459 g/mol. The van der Waals surface area contributed by atoms with Gasteiger partial charge in [0, 0.05) is 47.0 Å². The molecule has 4 rings (SSSR count). The Hall–Kier alpha value is -4.47. The lowest BCUT2D eigenvalue weighted by atomic mass is 10.0. The molecule has 1 unspecified atom stereocenters. The zero-order chi connectivity index (χ0) is 24.4. The topological polar surface area (TPSA) is 160 Å². The van der Waals surface area contributed by atoms with Gasteiger partial charge in [-0.25, -0.2) is 9.97 Å². The normalized spacial score (nSPS) is 12.3. The quantitative estimate of drug-likeness (QED) is 0.233. The average Bonchev–Trinajstić information content (AvgIpc) is 3.20. The van der Waals surface area contributed by atoms with Crippen molar-refractivity contribution in [1.29, 1.82) is 5.41 Å². The number of nitrogens with two attached hydrogens (primary N) is 2. The maximum atomic E-state index is 12.3. The molecule has 3 aromatic heterocycles. The standard InChI is InChI=1S/C24H26N8O2/c1-4-9-32(3)13(2)12-34-24-28-8-7-17(31-24)19-10-14-20-15(11-25)16(26)5-6-18(20)29-21(14)22(30-19)23(27)33/h4-11,13,25,29H,12,26H2,1-3H3,(H2,27,33)/b9-4-,25-11?. The molecule has 0 spiro atoms. The minimum absolute atomic E-state index is 0.0703. The van der Waals surface area contributed by atoms with E-state index in [-0.39, 0.29) is 17.7 Å². The number of nitrogen functional groups attached to an aromatic ring is 1. The SMILES string of the molecule is C/C=C\N(C)C(C)COc1nccc(-c2cc3c([nH]c4ccc(N)c(C=N)c43)c(C(N)=O)n2)n1. The van der Waals surface area contributed by atoms with Crippen molar-refractivity contribution in [2.45, 2.75) is 19.9 Å². The third-order valence-corrected chi connectivity index (χ3v) is 5.63. The summed E-state index contributed by atoms with van der Waals surface area (Å²) in [7, 11) is 1.96. The second kappa shape index (κ2) is 9.18. The number of likely N-dealkylation sites (N-methyl/N-ethyl adjacent to an activating group) is 1. The fourth-order valence-electron chi connectivity index (χ4n) is 3.75. The molecule has 0 fully saturated rings. The first-order chi connectivity index (χ1) is 16.3. The number of nitrogens with one attached hydrogen (secondary N) is 2. The van der Waals surface area contributed by atoms with E-state index in [1.54, 1.807) is 30.5 Å². The number of hydrogen-bond donors (Lipinski definition) is 4. The number of benzene rings is 1. The number of primary amides is 1. The van der Waals surface area contributed by atoms with Crippen LogP contribution in [0.15, 0.2) is 42.7 Å². The highest BCUT2D eigenvalue weighted by Gasteiger charge is 2.19. The molecule has 3 heterocycles. The maximum Gasteiger partial charge on any atom is 0.317 e. The molecule has 34 heavy (non-hydrogen) atoms. The van der Waals surface area contributed by atoms with Gasteiger partial charge < -0.3 is 31.5 Å². The summed E-state index contributed by atoms with van der Waals surface area (Å²) < 4.78 is 5.80. The molecule has 0 aliphatic carbocycles. The Kier molecular flexibility index (Phi) is 6.13. The van der Waals surface area contributed by atoms with Crippen LogP contribution in [-0.4, -0.2) is 56.7 Å². The van der Waals surface area contributed by atoms with E-state index in [1.807, 2.05) is 38.1 Å². The third-order valence-electron chi connectivity index (χ3n) is 5.63. The number of allylic oxidation sites excluding steroid dienone is 1. The van der Waals surface area contributed by atoms with Crippen molar-refractivity contribution in [3.63, 3.8) is 0 Å². The number of carbonyl (C=O) groups is 1. The summed E-state index contributed by atoms with van der Waals surface area (Å²) in [5.41, 5.74) is 14.9. The van der Waals surface area contributed by atoms with Crippen LogP contribution in [0.4, 0.5) is 5.69 Å². The Bertz CT molecular complexity index is 1430. The summed E-state index contributed by atoms with van der Waals surface area (Å²) in [6.45, 7) is 4.36. The molecule has 0 aliphatic rings. The number of carbonyl (C=O) groups excluding carboxylic acids is 1. The van der Waals surface area contributed by atoms with Crippen LogP contribution >= 0.6 is 0 Å². The van der Waals surface area contributed by atoms with Crippen LogP contribution in [-0.2, 0) is 0 Å². The highest BCUT2D eigenvalue weighted by molar-refractivity contribution is 6.20. The number of nitrogens with zero attached hydrogens (tertiary/aromatic N) is 4. The lowest BCUT2D eigenvalue weighted by molar-refractivity contribution is 0.0997. The van der Waals surface area contributed by atoms with Crippen molar-refractivity contribution in [3.8, 4) is 17.4 Å². The highest BCUT2D eigenvalue weighted by atomic mass is 16.5. The first kappa shape index (κ1) is 22.7. The van der Waals surface area contributed by atoms with Gasteiger partial charge in [0.25, 0.3) is 5.91 Å². The van der Waals surface area contributed by atoms with Crippen LogP contribution in [0.1, 0.15) is 29.9 Å². The van der Waals surface area contributed by atoms with Gasteiger partial charge in [-0.2, -0.15) is 4.98 Å². The van der Waals surface area contributed by atoms with Crippen LogP contribution in [0.5, 0.6) is 6.01 Å². The summed E-state index contributed by atoms with van der Waals surface area (Å²) in [6.07, 6.45) is 6.68. The number of fused-ring (bicyclic) bond motifs is 3. The predicted octanol–water partition coefficient (Wildman–Crippen LogP) is 3.08. The van der Waals surface area contributed by atoms with Crippen LogP contribution in [0.25, 0.3) is 33.2 Å². The van der Waals surface area contributed by atoms with E-state index in [4.69, 9.17) is 21.6 Å². The van der Waals surface area contributed by atoms with Gasteiger partial charge >= 0.3 is 6.01 Å². The number of pyridine rings is 1. The lowest BCUT2D eigenvalue weighted by Crippen LogP contribution is -2.30. The van der Waals surface area contributed by atoms with E-state index in [0.29, 0.717) is 45.5 Å². The molecule has 6 N–H and O–H groups in total. The fourth-order valence-corrected chi connectivity index (χ4v) is 3.75. The number of anilines is 1. The van der Waals surface area contributed by atoms with Gasteiger partial charge in [-0.3, -0.25) is 4.79 Å². The summed E-state index contributed by atoms with van der Waals surface area (Å²) in [5.74, 6) is -0.686. The second-order valence-corrected chi connectivity index (χ2v) is 7.94. The number of aromatic amines is 1. The first-order valence-electron chi connectivity index (χ1n) is 10.7. The Morgan fingerprint density at radius 1 is 1.29 bits per heavy atom. The predicted molar refractivity (Wildman–Crippen MR) is 133 cm³/mol. The van der Waals surface area contributed by atoms with Gasteiger partial charge in [0.2, 0.25) is 0 Å². The molecule has 10 nitrogen and oxygen atoms in total. The molecule has 0 aliphatic heterocycles. The number of hydrogen-bond acceptors (Lipinski definition) is 8. The number of aromatic nitrogens is 4. The number of H-pyrrole nitrogens is 1. The van der Waals surface area contributed by atoms with Crippen LogP contribution < -0.4 is 16.2 Å². The lowest BCUT2D eigenvalue weighted by Gasteiger charge is -2.22. The van der Waals surface area contributed by atoms with Crippen molar-refractivity contribution < 1.29 is 9.53 Å². The van der Waals surface area contributed by atoms with E-state index in [9.17, 15) is 4.79 Å². The summed E-state index contributed by atoms with van der Waals surface area (Å²) in [5, 5.41) is 9.21. The van der Waals surface area contributed by atoms with E-state index in [2.05, 4.69) is 19.9 Å². The van der Waals surface area contributed by atoms with Gasteiger partial charge in [-0.05, 0) is 44.3 Å². The first-order valence-corrected chi connectivity index (χ1v) is 10.7. The molecule has 0 saturated heterocycles. The largest absolute Gasteiger partial charge is 0.461 e. The molecule has 10 heteroatoms. The summed E-state index contributed by atoms with van der Waals surface area (Å²) >= 11 is 0. The summed E-state index contributed by atoms with van der Waals surface area (Å²) in [6, 6.07) is 7.28. The fraction of sp³-hybridized carbons (Fsp3) is 0.208. The minimum Gasteiger partial charge on any atom is -0.461 e. The van der Waals surface area contributed by atoms with Crippen molar-refractivity contribution in [2.24, 2.45) is 5.73 Å². The Morgan fingerprint density at radius 2 is 2.09 bits per heavy atom. The van der Waals surface area contributed by atoms with Gasteiger partial charge in [-0.15, -0.1) is 0 Å². The Balaban J connectivity index is 1.80. The van der Waals surface area contributed by atoms with Crippen LogP contribution in [0.2, 0.25) is 0 Å². The molecular weight excluding hydrogens is 432 g/mol. The number of rotatable bonds is 8. The number of amides is 1. The molecule has 1 aromatic carbocycles. The van der Waals surface area contributed by atoms with Gasteiger partial charge in [0.05, 0.1) is 22.9 Å². The van der Waals surface area contributed by atoms with Crippen molar-refractivity contribution in [3.05, 3.63) is 54.0 Å². The zero-order valence-corrected chi connectivity index (χ0v) is 19.2. The van der Waals surface area contributed by atoms with Gasteiger partial charge in [-0.1, -0.05) is 6.08 Å². The van der Waals surface area contributed by atoms with Crippen LogP contribution in [0, 0.1) is 5.41 Å². The monoisotopic (exact) mass is 458 g/mol. The van der Waals surface area contributed by atoms with E-state index < -0.39 is 5.91 Å². The smallest absolute Gasteiger partial charge is 0.317 e. The molecule has 0 radical (unpaired) electrons. The second-order valence-electron chi connectivity index (χ2n) is 7.94. The van der Waals surface area contributed by atoms with Crippen LogP contribution in [0.3, 0.4) is 0 Å². The zero-order valence-electron chi connectivity index (χ0n) is 19.2. The van der Waals surface area contributed by atoms with E-state index >= 15 is 0 Å². The number of ether oxygens (including phenoxy) is 1. The molecule has 1 amide bonds. The maximum absolute atomic E-state index is 12.3. The third kappa shape index (κ3) is 4.13. The molecule has 4 aromatic rings. The Morgan fingerprint density at radius 3 is 2.79 bits per heavy atom. The molecule has 174 valence electrons. The summed E-state index contributed by atoms with van der Waals surface area (Å²) in [4.78, 5) is 30.6. The van der Waals surface area contributed by atoms with Crippen molar-refractivity contribution in [1.82, 2.24) is 24.8 Å². The Labute approximate surface area is 196 Å². The molecular formula is C24H26N8O2. The molecule has 0 saturated carbocycles. The van der Waals surface area contributed by atoms with E-state index in [0.717, 1.165) is 5.52 Å².